The van der Waals surface area contributed by atoms with Gasteiger partial charge in [-0.15, -0.1) is 0 Å². The Morgan fingerprint density at radius 3 is 2.79 bits per heavy atom. The molecule has 1 unspecified atom stereocenters. The van der Waals surface area contributed by atoms with Crippen molar-refractivity contribution >= 4 is 23.4 Å². The van der Waals surface area contributed by atoms with Crippen molar-refractivity contribution in [1.29, 1.82) is 0 Å². The van der Waals surface area contributed by atoms with Crippen molar-refractivity contribution in [2.45, 2.75) is 25.8 Å². The van der Waals surface area contributed by atoms with E-state index in [9.17, 15) is 14.4 Å². The Balaban J connectivity index is 1.56. The first-order valence-corrected chi connectivity index (χ1v) is 9.87. The van der Waals surface area contributed by atoms with Crippen LogP contribution in [0, 0.1) is 5.41 Å². The number of ether oxygens (including phenoxy) is 2. The molecule has 29 heavy (non-hydrogen) atoms. The van der Waals surface area contributed by atoms with Gasteiger partial charge >= 0.3 is 11.8 Å². The second kappa shape index (κ2) is 9.23. The van der Waals surface area contributed by atoms with Crippen LogP contribution in [0.5, 0.6) is 5.75 Å². The van der Waals surface area contributed by atoms with Gasteiger partial charge in [-0.1, -0.05) is 6.07 Å². The van der Waals surface area contributed by atoms with Gasteiger partial charge in [-0.2, -0.15) is 0 Å². The maximum Gasteiger partial charge on any atom is 0.313 e. The predicted octanol–water partition coefficient (Wildman–Crippen LogP) is 0.106. The van der Waals surface area contributed by atoms with E-state index < -0.39 is 11.8 Å². The van der Waals surface area contributed by atoms with Crippen LogP contribution in [0.2, 0.25) is 0 Å². The summed E-state index contributed by atoms with van der Waals surface area (Å²) in [5.74, 6) is -1.13. The molecule has 1 aromatic rings. The van der Waals surface area contributed by atoms with E-state index in [-0.39, 0.29) is 24.0 Å². The monoisotopic (exact) mass is 404 g/mol. The van der Waals surface area contributed by atoms with Crippen LogP contribution >= 0.6 is 0 Å². The minimum absolute atomic E-state index is 0.123. The molecule has 2 saturated heterocycles. The molecular weight excluding hydrogens is 376 g/mol. The second-order valence-corrected chi connectivity index (χ2v) is 7.49. The highest BCUT2D eigenvalue weighted by atomic mass is 16.5. The molecule has 2 fully saturated rings. The fourth-order valence-corrected chi connectivity index (χ4v) is 3.84. The number of rotatable bonds is 5. The van der Waals surface area contributed by atoms with E-state index in [4.69, 9.17) is 15.2 Å². The summed E-state index contributed by atoms with van der Waals surface area (Å²) in [5.41, 5.74) is 6.55. The molecule has 3 amide bonds. The molecule has 0 radical (unpaired) electrons. The van der Waals surface area contributed by atoms with Crippen LogP contribution in [0.15, 0.2) is 24.3 Å². The Kier molecular flexibility index (Phi) is 6.71. The van der Waals surface area contributed by atoms with Crippen LogP contribution < -0.4 is 21.1 Å². The SMILES string of the molecule is CCNC(=O)COc1cccc(NC(=O)C(=O)N2CC(N)C3(CCOCC3)C2)c1. The molecule has 0 bridgehead atoms. The zero-order valence-corrected chi connectivity index (χ0v) is 16.6. The van der Waals surface area contributed by atoms with Gasteiger partial charge in [-0.3, -0.25) is 14.4 Å². The number of anilines is 1. The molecule has 1 atom stereocenters. The second-order valence-electron chi connectivity index (χ2n) is 7.49. The van der Waals surface area contributed by atoms with Gasteiger partial charge in [-0.05, 0) is 31.9 Å². The van der Waals surface area contributed by atoms with E-state index in [1.54, 1.807) is 24.3 Å². The van der Waals surface area contributed by atoms with Crippen molar-refractivity contribution in [1.82, 2.24) is 10.2 Å². The van der Waals surface area contributed by atoms with Crippen LogP contribution in [-0.4, -0.2) is 68.1 Å². The average molecular weight is 404 g/mol. The Bertz CT molecular complexity index is 763. The fraction of sp³-hybridized carbons (Fsp3) is 0.550. The number of hydrogen-bond acceptors (Lipinski definition) is 6. The number of likely N-dealkylation sites (tertiary alicyclic amines) is 1. The van der Waals surface area contributed by atoms with Crippen LogP contribution in [-0.2, 0) is 19.1 Å². The van der Waals surface area contributed by atoms with E-state index in [1.807, 2.05) is 6.92 Å². The topological polar surface area (TPSA) is 123 Å². The van der Waals surface area contributed by atoms with Crippen molar-refractivity contribution in [3.05, 3.63) is 24.3 Å². The molecule has 2 aliphatic rings. The highest BCUT2D eigenvalue weighted by Crippen LogP contribution is 2.39. The van der Waals surface area contributed by atoms with Gasteiger partial charge < -0.3 is 30.7 Å². The minimum atomic E-state index is -0.720. The van der Waals surface area contributed by atoms with Crippen molar-refractivity contribution in [2.75, 3.05) is 44.8 Å². The number of nitrogens with zero attached hydrogens (tertiary/aromatic N) is 1. The van der Waals surface area contributed by atoms with E-state index in [0.717, 1.165) is 12.8 Å². The van der Waals surface area contributed by atoms with Gasteiger partial charge in [0.15, 0.2) is 6.61 Å². The van der Waals surface area contributed by atoms with Crippen LogP contribution in [0.25, 0.3) is 0 Å². The Morgan fingerprint density at radius 2 is 2.07 bits per heavy atom. The van der Waals surface area contributed by atoms with Crippen molar-refractivity contribution < 1.29 is 23.9 Å². The van der Waals surface area contributed by atoms with Gasteiger partial charge in [0.1, 0.15) is 5.75 Å². The quantitative estimate of drug-likeness (QED) is 0.599. The molecule has 158 valence electrons. The summed E-state index contributed by atoms with van der Waals surface area (Å²) in [6, 6.07) is 6.41. The lowest BCUT2D eigenvalue weighted by Gasteiger charge is -2.36. The lowest BCUT2D eigenvalue weighted by Crippen LogP contribution is -2.44. The summed E-state index contributed by atoms with van der Waals surface area (Å²) in [6.07, 6.45) is 1.59. The number of nitrogens with two attached hydrogens (primary N) is 1. The molecule has 0 saturated carbocycles. The van der Waals surface area contributed by atoms with E-state index in [2.05, 4.69) is 10.6 Å². The molecule has 9 nitrogen and oxygen atoms in total. The number of benzene rings is 1. The van der Waals surface area contributed by atoms with Crippen LogP contribution in [0.4, 0.5) is 5.69 Å². The third kappa shape index (κ3) is 5.04. The summed E-state index contributed by atoms with van der Waals surface area (Å²) in [6.45, 7) is 4.32. The van der Waals surface area contributed by atoms with E-state index >= 15 is 0 Å². The number of likely N-dealkylation sites (N-methyl/N-ethyl adjacent to an activating group) is 1. The minimum Gasteiger partial charge on any atom is -0.484 e. The standard InChI is InChI=1S/C20H28N4O5/c1-2-22-17(25)12-29-15-5-3-4-14(10-15)23-18(26)19(27)24-11-16(21)20(13-24)6-8-28-9-7-20/h3-5,10,16H,2,6-9,11-13,21H2,1H3,(H,22,25)(H,23,26). The third-order valence-electron chi connectivity index (χ3n) is 5.52. The van der Waals surface area contributed by atoms with E-state index in [0.29, 0.717) is 44.3 Å². The zero-order chi connectivity index (χ0) is 20.9. The zero-order valence-electron chi connectivity index (χ0n) is 16.6. The summed E-state index contributed by atoms with van der Waals surface area (Å²) < 4.78 is 10.8. The number of amides is 3. The molecule has 4 N–H and O–H groups in total. The largest absolute Gasteiger partial charge is 0.484 e. The Morgan fingerprint density at radius 1 is 1.31 bits per heavy atom. The molecule has 1 aromatic carbocycles. The van der Waals surface area contributed by atoms with Gasteiger partial charge in [-0.25, -0.2) is 0 Å². The summed E-state index contributed by atoms with van der Waals surface area (Å²) in [7, 11) is 0. The van der Waals surface area contributed by atoms with Crippen molar-refractivity contribution in [2.24, 2.45) is 11.1 Å². The van der Waals surface area contributed by atoms with Crippen molar-refractivity contribution in [3.63, 3.8) is 0 Å². The Hall–Kier alpha value is -2.65. The van der Waals surface area contributed by atoms with Crippen molar-refractivity contribution in [3.8, 4) is 5.75 Å². The number of carbonyl (C=O) groups is 3. The average Bonchev–Trinajstić information content (AvgIpc) is 3.02. The molecule has 2 heterocycles. The summed E-state index contributed by atoms with van der Waals surface area (Å²) in [5, 5.41) is 5.24. The normalized spacial score (nSPS) is 20.3. The molecule has 2 aliphatic heterocycles. The molecule has 9 heteroatoms. The summed E-state index contributed by atoms with van der Waals surface area (Å²) in [4.78, 5) is 38.1. The maximum atomic E-state index is 12.6. The smallest absolute Gasteiger partial charge is 0.313 e. The highest BCUT2D eigenvalue weighted by molar-refractivity contribution is 6.39. The fourth-order valence-electron chi connectivity index (χ4n) is 3.84. The number of carbonyl (C=O) groups excluding carboxylic acids is 3. The molecular formula is C20H28N4O5. The van der Waals surface area contributed by atoms with E-state index in [1.165, 1.54) is 4.90 Å². The molecule has 0 aliphatic carbocycles. The van der Waals surface area contributed by atoms with Gasteiger partial charge in [0.25, 0.3) is 5.91 Å². The first-order valence-electron chi connectivity index (χ1n) is 9.87. The van der Waals surface area contributed by atoms with Gasteiger partial charge in [0, 0.05) is 56.1 Å². The lowest BCUT2D eigenvalue weighted by atomic mass is 9.76. The number of nitrogens with one attached hydrogen (secondary N) is 2. The molecule has 3 rings (SSSR count). The molecule has 1 spiro atoms. The predicted molar refractivity (Wildman–Crippen MR) is 106 cm³/mol. The van der Waals surface area contributed by atoms with Gasteiger partial charge in [0.2, 0.25) is 0 Å². The number of hydrogen-bond donors (Lipinski definition) is 3. The first kappa shape index (κ1) is 21.1. The summed E-state index contributed by atoms with van der Waals surface area (Å²) >= 11 is 0. The molecule has 0 aromatic heterocycles. The first-order chi connectivity index (χ1) is 13.9. The lowest BCUT2D eigenvalue weighted by molar-refractivity contribution is -0.142. The van der Waals surface area contributed by atoms with Gasteiger partial charge in [0.05, 0.1) is 0 Å². The third-order valence-corrected chi connectivity index (χ3v) is 5.52. The van der Waals surface area contributed by atoms with Crippen LogP contribution in [0.1, 0.15) is 19.8 Å². The maximum absolute atomic E-state index is 12.6. The van der Waals surface area contributed by atoms with Crippen LogP contribution in [0.3, 0.4) is 0 Å². The highest BCUT2D eigenvalue weighted by Gasteiger charge is 2.47. The Labute approximate surface area is 169 Å².